The molecule has 6 nitrogen and oxygen atoms in total. The number of aryl methyl sites for hydroxylation is 2. The first-order valence-electron chi connectivity index (χ1n) is 6.90. The van der Waals surface area contributed by atoms with Gasteiger partial charge in [0.1, 0.15) is 0 Å². The Morgan fingerprint density at radius 3 is 2.25 bits per heavy atom. The fourth-order valence-corrected chi connectivity index (χ4v) is 2.26. The van der Waals surface area contributed by atoms with Crippen molar-refractivity contribution in [2.45, 2.75) is 26.7 Å². The maximum atomic E-state index is 12.3. The molecule has 2 heterocycles. The van der Waals surface area contributed by atoms with Crippen molar-refractivity contribution < 1.29 is 9.53 Å². The summed E-state index contributed by atoms with van der Waals surface area (Å²) < 4.78 is 5.28. The van der Waals surface area contributed by atoms with Crippen LogP contribution in [0.1, 0.15) is 24.2 Å². The van der Waals surface area contributed by atoms with Crippen LogP contribution in [-0.2, 0) is 9.53 Å². The topological polar surface area (TPSA) is 67.4 Å². The Bertz CT molecular complexity index is 473. The molecule has 1 saturated heterocycles. The van der Waals surface area contributed by atoms with Gasteiger partial charge in [-0.05, 0) is 26.7 Å². The Labute approximate surface area is 119 Å². The first-order valence-corrected chi connectivity index (χ1v) is 6.90. The van der Waals surface area contributed by atoms with Gasteiger partial charge < -0.3 is 15.0 Å². The third-order valence-electron chi connectivity index (χ3n) is 3.50. The number of hydrogen-bond acceptors (Lipinski definition) is 5. The van der Waals surface area contributed by atoms with Crippen molar-refractivity contribution in [1.29, 1.82) is 0 Å². The number of carbonyl (C=O) groups is 1. The van der Waals surface area contributed by atoms with Crippen molar-refractivity contribution in [3.8, 4) is 0 Å². The fraction of sp³-hybridized carbons (Fsp3) is 0.643. The number of hydrogen-bond donors (Lipinski definition) is 1. The summed E-state index contributed by atoms with van der Waals surface area (Å²) in [6.07, 6.45) is 1.56. The van der Waals surface area contributed by atoms with E-state index in [4.69, 9.17) is 4.74 Å². The number of aromatic nitrogens is 2. The van der Waals surface area contributed by atoms with E-state index in [-0.39, 0.29) is 11.8 Å². The highest BCUT2D eigenvalue weighted by molar-refractivity contribution is 5.93. The van der Waals surface area contributed by atoms with E-state index in [2.05, 4.69) is 15.3 Å². The summed E-state index contributed by atoms with van der Waals surface area (Å²) in [5.41, 5.74) is 2.32. The number of carbonyl (C=O) groups excluding carboxylic acids is 1. The molecule has 0 spiro atoms. The maximum Gasteiger partial charge on any atom is 0.227 e. The van der Waals surface area contributed by atoms with E-state index in [1.165, 1.54) is 0 Å². The van der Waals surface area contributed by atoms with Gasteiger partial charge in [-0.3, -0.25) is 4.79 Å². The molecule has 2 rings (SSSR count). The van der Waals surface area contributed by atoms with Crippen LogP contribution in [0, 0.1) is 19.8 Å². The molecule has 1 aliphatic rings. The third kappa shape index (κ3) is 3.25. The quantitative estimate of drug-likeness (QED) is 0.908. The van der Waals surface area contributed by atoms with E-state index in [9.17, 15) is 4.79 Å². The zero-order valence-electron chi connectivity index (χ0n) is 12.6. The van der Waals surface area contributed by atoms with Crippen LogP contribution < -0.4 is 10.2 Å². The minimum atomic E-state index is 0.0241. The third-order valence-corrected chi connectivity index (χ3v) is 3.50. The molecular formula is C14H22N4O2. The highest BCUT2D eigenvalue weighted by atomic mass is 16.5. The Kier molecular flexibility index (Phi) is 4.54. The smallest absolute Gasteiger partial charge is 0.227 e. The van der Waals surface area contributed by atoms with Crippen molar-refractivity contribution in [1.82, 2.24) is 9.97 Å². The van der Waals surface area contributed by atoms with E-state index >= 15 is 0 Å². The molecule has 1 amide bonds. The van der Waals surface area contributed by atoms with Crippen LogP contribution in [0.5, 0.6) is 0 Å². The van der Waals surface area contributed by atoms with Gasteiger partial charge >= 0.3 is 0 Å². The van der Waals surface area contributed by atoms with E-state index in [1.807, 2.05) is 32.8 Å². The van der Waals surface area contributed by atoms with Crippen molar-refractivity contribution >= 4 is 17.5 Å². The standard InChI is InChI=1S/C14H22N4O2/c1-9-12(10(2)16-14(15-9)18(3)4)17-13(19)11-5-7-20-8-6-11/h11H,5-8H2,1-4H3,(H,17,19). The first-order chi connectivity index (χ1) is 9.49. The summed E-state index contributed by atoms with van der Waals surface area (Å²) in [5, 5.41) is 2.98. The predicted octanol–water partition coefficient (Wildman–Crippen LogP) is 1.52. The molecule has 0 bridgehead atoms. The normalized spacial score (nSPS) is 16.0. The molecule has 6 heteroatoms. The summed E-state index contributed by atoms with van der Waals surface area (Å²) in [5.74, 6) is 0.723. The molecular weight excluding hydrogens is 256 g/mol. The van der Waals surface area contributed by atoms with Gasteiger partial charge in [0.25, 0.3) is 0 Å². The number of nitrogens with one attached hydrogen (secondary N) is 1. The second kappa shape index (κ2) is 6.17. The largest absolute Gasteiger partial charge is 0.381 e. The molecule has 1 aliphatic heterocycles. The van der Waals surface area contributed by atoms with Crippen LogP contribution in [0.3, 0.4) is 0 Å². The molecule has 0 radical (unpaired) electrons. The molecule has 0 atom stereocenters. The molecule has 0 saturated carbocycles. The Morgan fingerprint density at radius 2 is 1.75 bits per heavy atom. The summed E-state index contributed by atoms with van der Waals surface area (Å²) in [4.78, 5) is 22.9. The minimum absolute atomic E-state index is 0.0241. The highest BCUT2D eigenvalue weighted by Gasteiger charge is 2.23. The highest BCUT2D eigenvalue weighted by Crippen LogP contribution is 2.22. The van der Waals surface area contributed by atoms with E-state index in [0.29, 0.717) is 19.2 Å². The van der Waals surface area contributed by atoms with E-state index in [0.717, 1.165) is 29.9 Å². The predicted molar refractivity (Wildman–Crippen MR) is 78.0 cm³/mol. The lowest BCUT2D eigenvalue weighted by atomic mass is 9.99. The van der Waals surface area contributed by atoms with Crippen LogP contribution in [-0.4, -0.2) is 43.2 Å². The molecule has 0 unspecified atom stereocenters. The first kappa shape index (κ1) is 14.7. The molecule has 1 fully saturated rings. The molecule has 110 valence electrons. The number of nitrogens with zero attached hydrogens (tertiary/aromatic N) is 3. The minimum Gasteiger partial charge on any atom is -0.381 e. The Hall–Kier alpha value is -1.69. The van der Waals surface area contributed by atoms with Gasteiger partial charge in [-0.1, -0.05) is 0 Å². The molecule has 1 aromatic heterocycles. The molecule has 1 N–H and O–H groups in total. The molecule has 1 aromatic rings. The number of rotatable bonds is 3. The zero-order chi connectivity index (χ0) is 14.7. The zero-order valence-corrected chi connectivity index (χ0v) is 12.6. The lowest BCUT2D eigenvalue weighted by Gasteiger charge is -2.22. The van der Waals surface area contributed by atoms with Gasteiger partial charge in [-0.15, -0.1) is 0 Å². The number of anilines is 2. The summed E-state index contributed by atoms with van der Waals surface area (Å²) in [6.45, 7) is 5.10. The fourth-order valence-electron chi connectivity index (χ4n) is 2.26. The Morgan fingerprint density at radius 1 is 1.20 bits per heavy atom. The van der Waals surface area contributed by atoms with Gasteiger partial charge in [0, 0.05) is 33.2 Å². The van der Waals surface area contributed by atoms with Gasteiger partial charge in [0.15, 0.2) is 0 Å². The summed E-state index contributed by atoms with van der Waals surface area (Å²) >= 11 is 0. The lowest BCUT2D eigenvalue weighted by molar-refractivity contribution is -0.122. The second-order valence-electron chi connectivity index (χ2n) is 5.34. The van der Waals surface area contributed by atoms with Crippen molar-refractivity contribution in [2.75, 3.05) is 37.5 Å². The lowest BCUT2D eigenvalue weighted by Crippen LogP contribution is -2.29. The van der Waals surface area contributed by atoms with E-state index < -0.39 is 0 Å². The molecule has 0 aliphatic carbocycles. The van der Waals surface area contributed by atoms with E-state index in [1.54, 1.807) is 0 Å². The summed E-state index contributed by atoms with van der Waals surface area (Å²) in [7, 11) is 3.79. The van der Waals surface area contributed by atoms with Gasteiger partial charge in [0.05, 0.1) is 17.1 Å². The van der Waals surface area contributed by atoms with Crippen LogP contribution in [0.15, 0.2) is 0 Å². The van der Waals surface area contributed by atoms with Gasteiger partial charge in [0.2, 0.25) is 11.9 Å². The van der Waals surface area contributed by atoms with Crippen LogP contribution in [0.4, 0.5) is 11.6 Å². The summed E-state index contributed by atoms with van der Waals surface area (Å²) in [6, 6.07) is 0. The Balaban J connectivity index is 2.14. The second-order valence-corrected chi connectivity index (χ2v) is 5.34. The number of amides is 1. The van der Waals surface area contributed by atoms with Crippen LogP contribution >= 0.6 is 0 Å². The average molecular weight is 278 g/mol. The monoisotopic (exact) mass is 278 g/mol. The van der Waals surface area contributed by atoms with Crippen molar-refractivity contribution in [3.63, 3.8) is 0 Å². The SMILES string of the molecule is Cc1nc(N(C)C)nc(C)c1NC(=O)C1CCOCC1. The van der Waals surface area contributed by atoms with Crippen molar-refractivity contribution in [2.24, 2.45) is 5.92 Å². The average Bonchev–Trinajstić information content (AvgIpc) is 2.43. The number of ether oxygens (including phenoxy) is 1. The molecule has 0 aromatic carbocycles. The molecule has 20 heavy (non-hydrogen) atoms. The van der Waals surface area contributed by atoms with Gasteiger partial charge in [-0.2, -0.15) is 0 Å². The van der Waals surface area contributed by atoms with Crippen LogP contribution in [0.25, 0.3) is 0 Å². The van der Waals surface area contributed by atoms with Crippen molar-refractivity contribution in [3.05, 3.63) is 11.4 Å². The van der Waals surface area contributed by atoms with Crippen LogP contribution in [0.2, 0.25) is 0 Å². The maximum absolute atomic E-state index is 12.3. The van der Waals surface area contributed by atoms with Gasteiger partial charge in [-0.25, -0.2) is 9.97 Å².